The fourth-order valence-electron chi connectivity index (χ4n) is 8.18. The predicted molar refractivity (Wildman–Crippen MR) is 190 cm³/mol. The number of aryl methyl sites for hydroxylation is 1. The van der Waals surface area contributed by atoms with Crippen LogP contribution in [0.2, 0.25) is 0 Å². The molecule has 16 heteroatoms. The number of nitrogens with one attached hydrogen (secondary N) is 3. The Bertz CT molecular complexity index is 1960. The summed E-state index contributed by atoms with van der Waals surface area (Å²) in [6.07, 6.45) is 5.20. The minimum Gasteiger partial charge on any atom is -0.477 e. The molecule has 4 amide bonds. The van der Waals surface area contributed by atoms with Gasteiger partial charge in [0.2, 0.25) is 33.6 Å². The number of carbonyl (C=O) groups is 4. The van der Waals surface area contributed by atoms with Crippen LogP contribution in [-0.4, -0.2) is 95.5 Å². The van der Waals surface area contributed by atoms with Crippen molar-refractivity contribution in [3.8, 4) is 11.8 Å². The molecular weight excluding hydrogens is 709 g/mol. The number of rotatable bonds is 7. The number of alkyl halides is 1. The molecule has 286 valence electrons. The summed E-state index contributed by atoms with van der Waals surface area (Å²) >= 11 is 0. The summed E-state index contributed by atoms with van der Waals surface area (Å²) in [6.45, 7) is 3.07. The van der Waals surface area contributed by atoms with E-state index in [0.29, 0.717) is 31.7 Å². The first-order valence-corrected chi connectivity index (χ1v) is 19.9. The lowest BCUT2D eigenvalue weighted by Crippen LogP contribution is -2.59. The van der Waals surface area contributed by atoms with Crippen molar-refractivity contribution < 1.29 is 46.6 Å². The Hall–Kier alpha value is -4.47. The van der Waals surface area contributed by atoms with E-state index in [0.717, 1.165) is 29.2 Å². The van der Waals surface area contributed by atoms with E-state index in [9.17, 15) is 37.1 Å². The maximum Gasteiger partial charge on any atom is 0.405 e. The van der Waals surface area contributed by atoms with E-state index in [4.69, 9.17) is 14.5 Å². The lowest BCUT2D eigenvalue weighted by molar-refractivity contribution is -0.142. The summed E-state index contributed by atoms with van der Waals surface area (Å²) in [6, 6.07) is 5.20. The maximum atomic E-state index is 14.4. The first kappa shape index (κ1) is 36.9. The van der Waals surface area contributed by atoms with E-state index in [1.54, 1.807) is 13.0 Å². The summed E-state index contributed by atoms with van der Waals surface area (Å²) in [4.78, 5) is 60.6. The SMILES string of the molecule is C[C@@H]1CCC=C[C@@H]2C[C@@]2(C(=O)NS(=O)(=O)C2(CF)CC2)NC(=O)[C@@H]2C[C@@H](Oc3nc4c(c5ccccc35)CCCO4)CN2C(=O)[C@@H](NC(=O)O)[C@H](C)C1. The largest absolute Gasteiger partial charge is 0.477 e. The zero-order valence-electron chi connectivity index (χ0n) is 29.8. The van der Waals surface area contributed by atoms with Crippen LogP contribution in [0.25, 0.3) is 10.8 Å². The van der Waals surface area contributed by atoms with Gasteiger partial charge in [-0.25, -0.2) is 17.6 Å². The highest BCUT2D eigenvalue weighted by Gasteiger charge is 2.64. The Morgan fingerprint density at radius 1 is 1.17 bits per heavy atom. The number of fused-ring (bicyclic) bond motifs is 5. The van der Waals surface area contributed by atoms with E-state index >= 15 is 0 Å². The zero-order chi connectivity index (χ0) is 37.7. The van der Waals surface area contributed by atoms with Gasteiger partial charge in [-0.15, -0.1) is 0 Å². The van der Waals surface area contributed by atoms with Crippen molar-refractivity contribution in [2.75, 3.05) is 19.8 Å². The number of allylic oxidation sites excluding steroid dienone is 1. The quantitative estimate of drug-likeness (QED) is 0.305. The molecule has 4 N–H and O–H groups in total. The fourth-order valence-corrected chi connectivity index (χ4v) is 9.60. The molecule has 2 saturated carbocycles. The van der Waals surface area contributed by atoms with Crippen molar-refractivity contribution >= 4 is 44.6 Å². The number of sulfonamides is 1. The van der Waals surface area contributed by atoms with Gasteiger partial charge in [0.05, 0.1) is 13.2 Å². The number of ether oxygens (including phenoxy) is 2. The van der Waals surface area contributed by atoms with Gasteiger partial charge in [0.25, 0.3) is 5.91 Å². The molecule has 0 radical (unpaired) electrons. The molecule has 7 atom stereocenters. The average molecular weight is 756 g/mol. The lowest BCUT2D eigenvalue weighted by Gasteiger charge is -2.32. The Morgan fingerprint density at radius 3 is 2.64 bits per heavy atom. The standard InChI is InChI=1S/C37H46FN5O9S/c1-21-8-3-4-9-23-18-37(23,34(46)42-53(49,50)36(20-38)13-14-36)41-30(44)28-17-24(19-43(28)33(45)29(22(2)16-21)39-35(47)48)52-32-27-11-6-5-10-25(27)26-12-7-15-51-31(26)40-32/h4-6,9-11,21-24,28-29,39H,3,7-8,12-20H2,1-2H3,(H,41,44)(H,42,46)(H,47,48)/t21-,22-,23-,24-,28+,29+,37-/m1/s1. The van der Waals surface area contributed by atoms with E-state index in [2.05, 4.69) is 15.4 Å². The average Bonchev–Trinajstić information content (AvgIpc) is 4.03. The van der Waals surface area contributed by atoms with Crippen LogP contribution in [0.4, 0.5) is 9.18 Å². The first-order chi connectivity index (χ1) is 25.3. The van der Waals surface area contributed by atoms with E-state index < -0.39 is 80.8 Å². The molecule has 3 aliphatic heterocycles. The molecule has 0 unspecified atom stereocenters. The van der Waals surface area contributed by atoms with Gasteiger partial charge < -0.3 is 30.1 Å². The van der Waals surface area contributed by atoms with Crippen molar-refractivity contribution in [3.63, 3.8) is 0 Å². The minimum absolute atomic E-state index is 0.0302. The van der Waals surface area contributed by atoms with Crippen LogP contribution >= 0.6 is 0 Å². The molecule has 1 saturated heterocycles. The molecule has 53 heavy (non-hydrogen) atoms. The molecule has 0 bridgehead atoms. The van der Waals surface area contributed by atoms with Crippen LogP contribution in [0.3, 0.4) is 0 Å². The van der Waals surface area contributed by atoms with Crippen LogP contribution in [0.1, 0.15) is 70.8 Å². The van der Waals surface area contributed by atoms with E-state index in [1.807, 2.05) is 37.3 Å². The van der Waals surface area contributed by atoms with Crippen molar-refractivity contribution in [1.29, 1.82) is 0 Å². The van der Waals surface area contributed by atoms with Crippen molar-refractivity contribution in [2.45, 2.75) is 100 Å². The van der Waals surface area contributed by atoms with Gasteiger partial charge in [0.1, 0.15) is 35.1 Å². The van der Waals surface area contributed by atoms with Gasteiger partial charge in [-0.05, 0) is 74.7 Å². The summed E-state index contributed by atoms with van der Waals surface area (Å²) < 4.78 is 52.8. The number of hydrogen-bond acceptors (Lipinski definition) is 9. The number of carbonyl (C=O) groups excluding carboxylic acids is 3. The van der Waals surface area contributed by atoms with Gasteiger partial charge in [-0.1, -0.05) is 44.2 Å². The smallest absolute Gasteiger partial charge is 0.405 e. The molecule has 7 rings (SSSR count). The topological polar surface area (TPSA) is 193 Å². The molecule has 4 heterocycles. The minimum atomic E-state index is -4.38. The van der Waals surface area contributed by atoms with Gasteiger partial charge >= 0.3 is 6.09 Å². The Morgan fingerprint density at radius 2 is 1.92 bits per heavy atom. The second kappa shape index (κ2) is 14.1. The molecule has 1 aromatic heterocycles. The highest BCUT2D eigenvalue weighted by atomic mass is 32.2. The highest BCUT2D eigenvalue weighted by Crippen LogP contribution is 2.48. The van der Waals surface area contributed by atoms with Crippen molar-refractivity contribution in [2.24, 2.45) is 17.8 Å². The Balaban J connectivity index is 1.23. The van der Waals surface area contributed by atoms with E-state index in [-0.39, 0.29) is 44.0 Å². The maximum absolute atomic E-state index is 14.4. The van der Waals surface area contributed by atoms with Gasteiger partial charge in [0.15, 0.2) is 0 Å². The first-order valence-electron chi connectivity index (χ1n) is 18.4. The fraction of sp³-hybridized carbons (Fsp3) is 0.595. The Kier molecular flexibility index (Phi) is 9.79. The van der Waals surface area contributed by atoms with Crippen LogP contribution in [-0.2, 0) is 30.8 Å². The van der Waals surface area contributed by atoms with Crippen molar-refractivity contribution in [1.82, 2.24) is 25.2 Å². The molecule has 2 aliphatic carbocycles. The molecule has 3 fully saturated rings. The molecule has 5 aliphatic rings. The number of carboxylic acid groups (broad SMARTS) is 1. The van der Waals surface area contributed by atoms with Crippen molar-refractivity contribution in [3.05, 3.63) is 42.0 Å². The summed E-state index contributed by atoms with van der Waals surface area (Å²) in [7, 11) is -4.38. The monoisotopic (exact) mass is 755 g/mol. The van der Waals surface area contributed by atoms with E-state index in [1.165, 1.54) is 4.90 Å². The highest BCUT2D eigenvalue weighted by molar-refractivity contribution is 7.91. The third-order valence-corrected chi connectivity index (χ3v) is 13.7. The van der Waals surface area contributed by atoms with Crippen LogP contribution in [0.5, 0.6) is 11.8 Å². The molecule has 14 nitrogen and oxygen atoms in total. The summed E-state index contributed by atoms with van der Waals surface area (Å²) in [5, 5.41) is 16.6. The second-order valence-corrected chi connectivity index (χ2v) is 17.5. The third-order valence-electron chi connectivity index (χ3n) is 11.6. The number of halogens is 1. The molecule has 2 aromatic rings. The number of pyridine rings is 1. The number of nitrogens with zero attached hydrogens (tertiary/aromatic N) is 2. The van der Waals surface area contributed by atoms with Crippen LogP contribution in [0, 0.1) is 17.8 Å². The number of aromatic nitrogens is 1. The predicted octanol–water partition coefficient (Wildman–Crippen LogP) is 3.38. The molecular formula is C37H46FN5O9S. The van der Waals surface area contributed by atoms with Gasteiger partial charge in [-0.3, -0.25) is 19.1 Å². The normalized spacial score (nSPS) is 31.0. The number of hydrogen-bond donors (Lipinski definition) is 4. The Labute approximate surface area is 307 Å². The zero-order valence-corrected chi connectivity index (χ0v) is 30.6. The summed E-state index contributed by atoms with van der Waals surface area (Å²) in [5.41, 5.74) is -0.692. The lowest BCUT2D eigenvalue weighted by atomic mass is 9.88. The van der Waals surface area contributed by atoms with Gasteiger partial charge in [-0.2, -0.15) is 4.98 Å². The summed E-state index contributed by atoms with van der Waals surface area (Å²) in [5.74, 6) is -2.49. The van der Waals surface area contributed by atoms with Gasteiger partial charge in [0, 0.05) is 23.3 Å². The van der Waals surface area contributed by atoms with Crippen LogP contribution in [0.15, 0.2) is 36.4 Å². The number of benzene rings is 1. The molecule has 0 spiro atoms. The third kappa shape index (κ3) is 7.01. The molecule has 1 aromatic carbocycles. The van der Waals surface area contributed by atoms with Crippen LogP contribution < -0.4 is 24.8 Å². The second-order valence-electron chi connectivity index (χ2n) is 15.5. The number of amides is 4.